The minimum atomic E-state index is 0. The number of nitrogens with two attached hydrogens (primary N) is 1. The number of aromatic nitrogens is 2. The molecular formula is C18H16Br3N3O. The third-order valence-corrected chi connectivity index (χ3v) is 4.90. The van der Waals surface area contributed by atoms with E-state index in [1.54, 1.807) is 4.57 Å². The summed E-state index contributed by atoms with van der Waals surface area (Å²) in [5.41, 5.74) is 8.84. The van der Waals surface area contributed by atoms with Crippen LogP contribution in [0, 0.1) is 0 Å². The summed E-state index contributed by atoms with van der Waals surface area (Å²) in [6, 6.07) is 15.4. The molecule has 0 spiro atoms. The first kappa shape index (κ1) is 19.9. The number of anilines is 1. The van der Waals surface area contributed by atoms with E-state index >= 15 is 0 Å². The Morgan fingerprint density at radius 3 is 2.44 bits per heavy atom. The Morgan fingerprint density at radius 1 is 1.12 bits per heavy atom. The van der Waals surface area contributed by atoms with Crippen molar-refractivity contribution < 1.29 is 26.3 Å². The van der Waals surface area contributed by atoms with Gasteiger partial charge in [-0.15, -0.1) is 0 Å². The number of benzene rings is 2. The molecule has 2 N–H and O–H groups in total. The van der Waals surface area contributed by atoms with Crippen LogP contribution in [0.1, 0.15) is 10.4 Å². The summed E-state index contributed by atoms with van der Waals surface area (Å²) in [7, 11) is 1.90. The van der Waals surface area contributed by atoms with E-state index in [2.05, 4.69) is 31.9 Å². The zero-order chi connectivity index (χ0) is 17.3. The second-order valence-electron chi connectivity index (χ2n) is 5.50. The Morgan fingerprint density at radius 2 is 1.80 bits per heavy atom. The van der Waals surface area contributed by atoms with Crippen molar-refractivity contribution in [2.45, 2.75) is 6.54 Å². The third-order valence-electron chi connectivity index (χ3n) is 3.88. The van der Waals surface area contributed by atoms with Crippen LogP contribution in [-0.4, -0.2) is 10.4 Å². The predicted molar refractivity (Wildman–Crippen MR) is 102 cm³/mol. The molecule has 3 rings (SSSR count). The fraction of sp³-hybridized carbons (Fsp3) is 0.111. The first-order valence-electron chi connectivity index (χ1n) is 7.35. The van der Waals surface area contributed by atoms with E-state index in [4.69, 9.17) is 5.73 Å². The van der Waals surface area contributed by atoms with Crippen LogP contribution in [-0.2, 0) is 13.6 Å². The highest BCUT2D eigenvalue weighted by molar-refractivity contribution is 9.10. The maximum Gasteiger partial charge on any atom is 0.355 e. The van der Waals surface area contributed by atoms with Crippen molar-refractivity contribution in [1.82, 2.24) is 4.57 Å². The van der Waals surface area contributed by atoms with Crippen molar-refractivity contribution in [2.75, 3.05) is 5.73 Å². The molecule has 3 aromatic rings. The fourth-order valence-electron chi connectivity index (χ4n) is 2.54. The summed E-state index contributed by atoms with van der Waals surface area (Å²) in [6.07, 6.45) is 1.91. The van der Waals surface area contributed by atoms with Gasteiger partial charge in [-0.2, -0.15) is 0 Å². The Balaban J connectivity index is 0.00000225. The molecule has 4 nitrogen and oxygen atoms in total. The molecule has 1 aromatic heterocycles. The molecule has 0 fully saturated rings. The van der Waals surface area contributed by atoms with Crippen molar-refractivity contribution in [1.29, 1.82) is 0 Å². The smallest absolute Gasteiger partial charge is 0.355 e. The van der Waals surface area contributed by atoms with Gasteiger partial charge >= 0.3 is 5.95 Å². The van der Waals surface area contributed by atoms with E-state index in [1.807, 2.05) is 66.3 Å². The number of carbonyl (C=O) groups excluding carboxylic acids is 1. The summed E-state index contributed by atoms with van der Waals surface area (Å²) in [5, 5.41) is 0. The molecule has 7 heteroatoms. The molecule has 130 valence electrons. The summed E-state index contributed by atoms with van der Waals surface area (Å²) in [5.74, 6) is 0.553. The number of hydrogen-bond donors (Lipinski definition) is 1. The monoisotopic (exact) mass is 527 g/mol. The van der Waals surface area contributed by atoms with E-state index < -0.39 is 0 Å². The third kappa shape index (κ3) is 4.40. The Kier molecular flexibility index (Phi) is 6.59. The van der Waals surface area contributed by atoms with Gasteiger partial charge in [-0.1, -0.05) is 56.1 Å². The minimum absolute atomic E-state index is 0. The van der Waals surface area contributed by atoms with Gasteiger partial charge in [0.15, 0.2) is 5.78 Å². The van der Waals surface area contributed by atoms with Crippen LogP contribution in [0.4, 0.5) is 5.95 Å². The molecule has 0 radical (unpaired) electrons. The van der Waals surface area contributed by atoms with Gasteiger partial charge in [0.2, 0.25) is 0 Å². The first-order chi connectivity index (χ1) is 11.5. The van der Waals surface area contributed by atoms with Crippen molar-refractivity contribution in [2.24, 2.45) is 7.05 Å². The lowest BCUT2D eigenvalue weighted by atomic mass is 10.1. The van der Waals surface area contributed by atoms with Crippen molar-refractivity contribution in [3.63, 3.8) is 0 Å². The average Bonchev–Trinajstić information content (AvgIpc) is 2.84. The van der Waals surface area contributed by atoms with Crippen LogP contribution < -0.4 is 27.3 Å². The molecule has 25 heavy (non-hydrogen) atoms. The maximum absolute atomic E-state index is 12.5. The van der Waals surface area contributed by atoms with Crippen LogP contribution in [0.3, 0.4) is 0 Å². The number of Topliss-reactive ketones (excluding diaryl/α,β-unsaturated/α-hetero) is 1. The molecule has 2 aromatic carbocycles. The van der Waals surface area contributed by atoms with Crippen LogP contribution in [0.15, 0.2) is 63.7 Å². The Labute approximate surface area is 173 Å². The van der Waals surface area contributed by atoms with E-state index in [0.717, 1.165) is 20.2 Å². The number of imidazole rings is 1. The number of nitrogen functional groups attached to an aromatic ring is 1. The number of halogens is 3. The SMILES string of the molecule is Cn1c(-c2ccc(Br)cc2)c[n+](CC(=O)c2cccc(Br)c2)c1N.[Br-]. The van der Waals surface area contributed by atoms with Gasteiger partial charge in [-0.3, -0.25) is 10.5 Å². The number of rotatable bonds is 4. The summed E-state index contributed by atoms with van der Waals surface area (Å²) < 4.78 is 5.57. The van der Waals surface area contributed by atoms with Crippen molar-refractivity contribution in [3.8, 4) is 11.3 Å². The molecule has 0 unspecified atom stereocenters. The lowest BCUT2D eigenvalue weighted by molar-refractivity contribution is -0.667. The second kappa shape index (κ2) is 8.29. The average molecular weight is 530 g/mol. The van der Waals surface area contributed by atoms with Crippen molar-refractivity contribution in [3.05, 3.63) is 69.2 Å². The summed E-state index contributed by atoms with van der Waals surface area (Å²) in [4.78, 5) is 12.5. The molecule has 1 heterocycles. The molecule has 0 saturated carbocycles. The lowest BCUT2D eigenvalue weighted by Crippen LogP contribution is -3.00. The van der Waals surface area contributed by atoms with Gasteiger partial charge in [0, 0.05) is 20.1 Å². The predicted octanol–water partition coefficient (Wildman–Crippen LogP) is 0.974. The van der Waals surface area contributed by atoms with Gasteiger partial charge in [0.1, 0.15) is 18.4 Å². The van der Waals surface area contributed by atoms with E-state index in [-0.39, 0.29) is 29.3 Å². The van der Waals surface area contributed by atoms with Gasteiger partial charge in [-0.25, -0.2) is 9.13 Å². The molecule has 0 aliphatic carbocycles. The van der Waals surface area contributed by atoms with Gasteiger partial charge in [0.25, 0.3) is 0 Å². The van der Waals surface area contributed by atoms with Gasteiger partial charge in [-0.05, 0) is 24.3 Å². The largest absolute Gasteiger partial charge is 1.00 e. The number of ketones is 1. The van der Waals surface area contributed by atoms with E-state index in [9.17, 15) is 4.79 Å². The molecule has 0 atom stereocenters. The Hall–Kier alpha value is -1.44. The Bertz CT molecular complexity index is 904. The first-order valence-corrected chi connectivity index (χ1v) is 8.93. The molecular weight excluding hydrogens is 514 g/mol. The van der Waals surface area contributed by atoms with Gasteiger partial charge < -0.3 is 17.0 Å². The van der Waals surface area contributed by atoms with Crippen LogP contribution in [0.25, 0.3) is 11.3 Å². The zero-order valence-electron chi connectivity index (χ0n) is 13.4. The number of carbonyl (C=O) groups is 1. The lowest BCUT2D eigenvalue weighted by Gasteiger charge is -2.01. The summed E-state index contributed by atoms with van der Waals surface area (Å²) >= 11 is 6.83. The standard InChI is InChI=1S/C18H15Br2N3O.BrH/c1-22-16(12-5-7-14(19)8-6-12)10-23(18(22)21)11-17(24)13-3-2-4-15(20)9-13;/h2-10,21H,11H2,1H3;1H. The highest BCUT2D eigenvalue weighted by atomic mass is 79.9. The maximum atomic E-state index is 12.5. The molecule has 0 aliphatic heterocycles. The van der Waals surface area contributed by atoms with Crippen LogP contribution in [0.2, 0.25) is 0 Å². The second-order valence-corrected chi connectivity index (χ2v) is 7.33. The minimum Gasteiger partial charge on any atom is -1.00 e. The van der Waals surface area contributed by atoms with E-state index in [1.165, 1.54) is 0 Å². The number of nitrogens with zero attached hydrogens (tertiary/aromatic N) is 2. The van der Waals surface area contributed by atoms with Gasteiger partial charge in [0.05, 0.1) is 7.05 Å². The quantitative estimate of drug-likeness (QED) is 0.405. The molecule has 0 bridgehead atoms. The fourth-order valence-corrected chi connectivity index (χ4v) is 3.20. The highest BCUT2D eigenvalue weighted by Crippen LogP contribution is 2.22. The van der Waals surface area contributed by atoms with Crippen LogP contribution in [0.5, 0.6) is 0 Å². The number of hydrogen-bond acceptors (Lipinski definition) is 2. The topological polar surface area (TPSA) is 51.9 Å². The summed E-state index contributed by atoms with van der Waals surface area (Å²) in [6.45, 7) is 0.201. The molecule has 0 amide bonds. The normalized spacial score (nSPS) is 10.4. The molecule has 0 aliphatic rings. The van der Waals surface area contributed by atoms with Crippen molar-refractivity contribution >= 4 is 43.6 Å². The van der Waals surface area contributed by atoms with E-state index in [0.29, 0.717) is 11.5 Å². The van der Waals surface area contributed by atoms with Crippen LogP contribution >= 0.6 is 31.9 Å². The molecule has 0 saturated heterocycles. The highest BCUT2D eigenvalue weighted by Gasteiger charge is 2.20. The zero-order valence-corrected chi connectivity index (χ0v) is 18.2.